The average Bonchev–Trinajstić information content (AvgIpc) is 2.71. The number of aliphatic hydroxyl groups excluding tert-OH is 1. The normalized spacial score (nSPS) is 16.3. The van der Waals surface area contributed by atoms with Gasteiger partial charge in [-0.3, -0.25) is 24.0 Å². The number of carbonyl (C=O) groups is 6. The van der Waals surface area contributed by atoms with E-state index in [0.29, 0.717) is 6.42 Å². The average molecular weight is 475 g/mol. The van der Waals surface area contributed by atoms with Crippen molar-refractivity contribution in [1.82, 2.24) is 16.0 Å². The lowest BCUT2D eigenvalue weighted by molar-refractivity contribution is -0.144. The number of hydrogen-bond donors (Lipinski definition) is 8. The lowest BCUT2D eigenvalue weighted by Crippen LogP contribution is -2.60. The van der Waals surface area contributed by atoms with Crippen molar-refractivity contribution in [2.24, 2.45) is 17.4 Å². The Bertz CT molecular complexity index is 743. The molecule has 14 heteroatoms. The Labute approximate surface area is 190 Å². The molecule has 14 nitrogen and oxygen atoms in total. The fraction of sp³-hybridized carbons (Fsp3) is 0.684. The number of primary amides is 1. The second-order valence-electron chi connectivity index (χ2n) is 7.71. The Kier molecular flexibility index (Phi) is 12.6. The largest absolute Gasteiger partial charge is 0.481 e. The summed E-state index contributed by atoms with van der Waals surface area (Å²) in [5.74, 6) is -6.91. The van der Waals surface area contributed by atoms with Crippen LogP contribution in [-0.2, 0) is 28.8 Å². The van der Waals surface area contributed by atoms with Gasteiger partial charge in [0, 0.05) is 6.42 Å². The molecule has 0 aromatic heterocycles. The van der Waals surface area contributed by atoms with E-state index in [1.165, 1.54) is 6.92 Å². The summed E-state index contributed by atoms with van der Waals surface area (Å²) in [6.07, 6.45) is -2.37. The standard InChI is InChI=1S/C19H33N5O9/c1-4-8(2)14(19(32)33)23-18(31)15(9(3)25)24-17(30)11(7-12(21)26)22-16(29)10(20)5-6-13(27)28/h8-11,14-15,25H,4-7,20H2,1-3H3,(H2,21,26)(H,22,29)(H,23,31)(H,24,30)(H,27,28)(H,32,33). The van der Waals surface area contributed by atoms with Crippen molar-refractivity contribution in [2.45, 2.75) is 76.7 Å². The molecule has 33 heavy (non-hydrogen) atoms. The van der Waals surface area contributed by atoms with E-state index in [1.54, 1.807) is 13.8 Å². The predicted molar refractivity (Wildman–Crippen MR) is 113 cm³/mol. The van der Waals surface area contributed by atoms with Crippen LogP contribution in [0, 0.1) is 5.92 Å². The zero-order valence-electron chi connectivity index (χ0n) is 18.7. The molecule has 188 valence electrons. The summed E-state index contributed by atoms with van der Waals surface area (Å²) in [6, 6.07) is -5.78. The predicted octanol–water partition coefficient (Wildman–Crippen LogP) is -2.98. The van der Waals surface area contributed by atoms with Crippen molar-refractivity contribution >= 4 is 35.6 Å². The molecule has 0 spiro atoms. The molecule has 0 aliphatic carbocycles. The third-order valence-electron chi connectivity index (χ3n) is 4.88. The van der Waals surface area contributed by atoms with Crippen molar-refractivity contribution in [1.29, 1.82) is 0 Å². The first-order valence-corrected chi connectivity index (χ1v) is 10.3. The maximum absolute atomic E-state index is 12.7. The molecule has 0 rings (SSSR count). The van der Waals surface area contributed by atoms with Crippen molar-refractivity contribution < 1.29 is 44.1 Å². The van der Waals surface area contributed by atoms with E-state index < -0.39 is 84.6 Å². The summed E-state index contributed by atoms with van der Waals surface area (Å²) < 4.78 is 0. The van der Waals surface area contributed by atoms with Crippen LogP contribution in [0.2, 0.25) is 0 Å². The van der Waals surface area contributed by atoms with Gasteiger partial charge in [-0.25, -0.2) is 4.79 Å². The van der Waals surface area contributed by atoms with Crippen LogP contribution in [0.4, 0.5) is 0 Å². The summed E-state index contributed by atoms with van der Waals surface area (Å²) in [6.45, 7) is 4.49. The van der Waals surface area contributed by atoms with Crippen LogP contribution in [0.5, 0.6) is 0 Å². The van der Waals surface area contributed by atoms with Gasteiger partial charge in [0.2, 0.25) is 23.6 Å². The summed E-state index contributed by atoms with van der Waals surface area (Å²) >= 11 is 0. The van der Waals surface area contributed by atoms with Crippen LogP contribution >= 0.6 is 0 Å². The summed E-state index contributed by atoms with van der Waals surface area (Å²) in [4.78, 5) is 70.8. The van der Waals surface area contributed by atoms with Gasteiger partial charge in [0.05, 0.1) is 18.6 Å². The fourth-order valence-electron chi connectivity index (χ4n) is 2.68. The molecular weight excluding hydrogens is 442 g/mol. The van der Waals surface area contributed by atoms with Crippen molar-refractivity contribution in [3.05, 3.63) is 0 Å². The zero-order valence-corrected chi connectivity index (χ0v) is 18.7. The van der Waals surface area contributed by atoms with Gasteiger partial charge in [-0.2, -0.15) is 0 Å². The number of nitrogens with two attached hydrogens (primary N) is 2. The minimum Gasteiger partial charge on any atom is -0.481 e. The summed E-state index contributed by atoms with van der Waals surface area (Å²) in [5, 5.41) is 34.5. The Balaban J connectivity index is 5.46. The summed E-state index contributed by atoms with van der Waals surface area (Å²) in [7, 11) is 0. The second-order valence-corrected chi connectivity index (χ2v) is 7.71. The molecule has 0 aliphatic heterocycles. The molecule has 6 unspecified atom stereocenters. The molecule has 4 amide bonds. The maximum Gasteiger partial charge on any atom is 0.326 e. The Morgan fingerprint density at radius 2 is 1.42 bits per heavy atom. The van der Waals surface area contributed by atoms with Crippen LogP contribution in [0.15, 0.2) is 0 Å². The van der Waals surface area contributed by atoms with E-state index in [4.69, 9.17) is 16.6 Å². The van der Waals surface area contributed by atoms with Gasteiger partial charge >= 0.3 is 11.9 Å². The highest BCUT2D eigenvalue weighted by Gasteiger charge is 2.34. The second kappa shape index (κ2) is 14.0. The van der Waals surface area contributed by atoms with Crippen LogP contribution in [0.3, 0.4) is 0 Å². The summed E-state index contributed by atoms with van der Waals surface area (Å²) in [5.41, 5.74) is 10.7. The van der Waals surface area contributed by atoms with Gasteiger partial charge < -0.3 is 42.7 Å². The number of carbonyl (C=O) groups excluding carboxylic acids is 4. The number of aliphatic carboxylic acids is 2. The van der Waals surface area contributed by atoms with E-state index >= 15 is 0 Å². The number of carboxylic acid groups (broad SMARTS) is 2. The molecule has 0 bridgehead atoms. The van der Waals surface area contributed by atoms with E-state index in [-0.39, 0.29) is 6.42 Å². The van der Waals surface area contributed by atoms with E-state index in [9.17, 15) is 39.0 Å². The third kappa shape index (κ3) is 10.7. The Morgan fingerprint density at radius 1 is 0.879 bits per heavy atom. The highest BCUT2D eigenvalue weighted by atomic mass is 16.4. The Morgan fingerprint density at radius 3 is 1.85 bits per heavy atom. The topological polar surface area (TPSA) is 251 Å². The first-order chi connectivity index (χ1) is 15.2. The number of amides is 4. The molecule has 10 N–H and O–H groups in total. The number of aliphatic hydroxyl groups is 1. The van der Waals surface area contributed by atoms with Crippen LogP contribution in [-0.4, -0.2) is 81.2 Å². The van der Waals surface area contributed by atoms with Crippen LogP contribution in [0.1, 0.15) is 46.5 Å². The van der Waals surface area contributed by atoms with Gasteiger partial charge in [-0.1, -0.05) is 20.3 Å². The van der Waals surface area contributed by atoms with Gasteiger partial charge in [0.25, 0.3) is 0 Å². The van der Waals surface area contributed by atoms with Crippen LogP contribution < -0.4 is 27.4 Å². The Hall–Kier alpha value is -3.26. The molecule has 0 radical (unpaired) electrons. The molecule has 0 aromatic carbocycles. The quantitative estimate of drug-likeness (QED) is 0.119. The van der Waals surface area contributed by atoms with Gasteiger partial charge in [-0.05, 0) is 19.3 Å². The monoisotopic (exact) mass is 475 g/mol. The number of rotatable bonds is 15. The van der Waals surface area contributed by atoms with E-state index in [0.717, 1.165) is 0 Å². The van der Waals surface area contributed by atoms with E-state index in [1.807, 2.05) is 0 Å². The van der Waals surface area contributed by atoms with Crippen molar-refractivity contribution in [2.75, 3.05) is 0 Å². The molecule has 0 heterocycles. The van der Waals surface area contributed by atoms with E-state index in [2.05, 4.69) is 16.0 Å². The zero-order chi connectivity index (χ0) is 25.9. The van der Waals surface area contributed by atoms with Gasteiger partial charge in [0.15, 0.2) is 0 Å². The smallest absolute Gasteiger partial charge is 0.326 e. The minimum absolute atomic E-state index is 0.239. The lowest BCUT2D eigenvalue weighted by atomic mass is 9.98. The molecule has 0 saturated heterocycles. The van der Waals surface area contributed by atoms with Gasteiger partial charge in [0.1, 0.15) is 18.1 Å². The number of carboxylic acids is 2. The van der Waals surface area contributed by atoms with Crippen LogP contribution in [0.25, 0.3) is 0 Å². The molecular formula is C19H33N5O9. The number of hydrogen-bond acceptors (Lipinski definition) is 8. The maximum atomic E-state index is 12.7. The molecule has 0 aliphatic rings. The molecule has 0 aromatic rings. The highest BCUT2D eigenvalue weighted by molar-refractivity contribution is 5.96. The number of nitrogens with one attached hydrogen (secondary N) is 3. The molecule has 6 atom stereocenters. The molecule has 0 fully saturated rings. The van der Waals surface area contributed by atoms with Crippen molar-refractivity contribution in [3.63, 3.8) is 0 Å². The SMILES string of the molecule is CCC(C)C(NC(=O)C(NC(=O)C(CC(N)=O)NC(=O)C(N)CCC(=O)O)C(C)O)C(=O)O. The minimum atomic E-state index is -1.61. The first kappa shape index (κ1) is 29.7. The lowest BCUT2D eigenvalue weighted by Gasteiger charge is -2.27. The first-order valence-electron chi connectivity index (χ1n) is 10.3. The molecule has 0 saturated carbocycles. The fourth-order valence-corrected chi connectivity index (χ4v) is 2.68. The third-order valence-corrected chi connectivity index (χ3v) is 4.88. The highest BCUT2D eigenvalue weighted by Crippen LogP contribution is 2.09. The van der Waals surface area contributed by atoms with Crippen molar-refractivity contribution in [3.8, 4) is 0 Å². The van der Waals surface area contributed by atoms with Gasteiger partial charge in [-0.15, -0.1) is 0 Å².